The van der Waals surface area contributed by atoms with Gasteiger partial charge in [-0.15, -0.1) is 0 Å². The van der Waals surface area contributed by atoms with Gasteiger partial charge in [0, 0.05) is 11.3 Å². The van der Waals surface area contributed by atoms with Gasteiger partial charge in [-0.05, 0) is 51.0 Å². The number of carbonyl (C=O) groups is 1. The second-order valence-electron chi connectivity index (χ2n) is 6.51. The molecule has 3 nitrogen and oxygen atoms in total. The second kappa shape index (κ2) is 6.11. The van der Waals surface area contributed by atoms with Gasteiger partial charge in [0.25, 0.3) is 0 Å². The third kappa shape index (κ3) is 3.01. The second-order valence-corrected chi connectivity index (χ2v) is 6.51. The number of unbranched alkanes of at least 4 members (excludes halogenated alkanes) is 1. The molecule has 0 amide bonds. The number of hydrogen-bond acceptors (Lipinski definition) is 2. The molecule has 1 heterocycles. The standard InChI is InChI=1S/C18H24FNO2/c1-5-6-7-16(17(21)22)20-15-9-8-13(19)10-14(15)12(2)11-18(20,3)4/h8-11,16H,5-7H2,1-4H3,(H,21,22). The summed E-state index contributed by atoms with van der Waals surface area (Å²) in [6.07, 6.45) is 4.40. The zero-order chi connectivity index (χ0) is 16.5. The van der Waals surface area contributed by atoms with E-state index in [9.17, 15) is 14.3 Å². The molecular formula is C18H24FNO2. The molecule has 0 radical (unpaired) electrons. The number of fused-ring (bicyclic) bond motifs is 1. The highest BCUT2D eigenvalue weighted by Crippen LogP contribution is 2.41. The summed E-state index contributed by atoms with van der Waals surface area (Å²) >= 11 is 0. The molecule has 1 atom stereocenters. The number of anilines is 1. The van der Waals surface area contributed by atoms with Gasteiger partial charge in [0.2, 0.25) is 0 Å². The molecule has 0 fully saturated rings. The predicted molar refractivity (Wildman–Crippen MR) is 87.6 cm³/mol. The van der Waals surface area contributed by atoms with Gasteiger partial charge >= 0.3 is 5.97 Å². The lowest BCUT2D eigenvalue weighted by Crippen LogP contribution is -2.54. The molecule has 0 saturated carbocycles. The minimum absolute atomic E-state index is 0.299. The number of hydrogen-bond donors (Lipinski definition) is 1. The van der Waals surface area contributed by atoms with Crippen molar-refractivity contribution >= 4 is 17.2 Å². The molecule has 4 heteroatoms. The van der Waals surface area contributed by atoms with E-state index in [1.54, 1.807) is 6.07 Å². The van der Waals surface area contributed by atoms with Crippen LogP contribution in [0.1, 0.15) is 52.5 Å². The highest BCUT2D eigenvalue weighted by atomic mass is 19.1. The van der Waals surface area contributed by atoms with Crippen molar-refractivity contribution in [2.45, 2.75) is 58.5 Å². The van der Waals surface area contributed by atoms with Crippen LogP contribution in [0.2, 0.25) is 0 Å². The monoisotopic (exact) mass is 305 g/mol. The van der Waals surface area contributed by atoms with Crippen LogP contribution in [0.4, 0.5) is 10.1 Å². The molecule has 0 aromatic heterocycles. The summed E-state index contributed by atoms with van der Waals surface area (Å²) in [6.45, 7) is 8.00. The van der Waals surface area contributed by atoms with Crippen molar-refractivity contribution in [1.29, 1.82) is 0 Å². The summed E-state index contributed by atoms with van der Waals surface area (Å²) in [5.41, 5.74) is 2.14. The van der Waals surface area contributed by atoms with E-state index in [-0.39, 0.29) is 5.82 Å². The Bertz CT molecular complexity index is 607. The van der Waals surface area contributed by atoms with Crippen LogP contribution < -0.4 is 4.90 Å². The molecule has 0 bridgehead atoms. The Hall–Kier alpha value is -1.84. The van der Waals surface area contributed by atoms with E-state index in [1.165, 1.54) is 12.1 Å². The summed E-state index contributed by atoms with van der Waals surface area (Å²) in [5.74, 6) is -1.13. The lowest BCUT2D eigenvalue weighted by atomic mass is 9.86. The van der Waals surface area contributed by atoms with E-state index < -0.39 is 17.6 Å². The normalized spacial score (nSPS) is 17.7. The number of aliphatic carboxylic acids is 1. The first kappa shape index (κ1) is 16.5. The fraction of sp³-hybridized carbons (Fsp3) is 0.500. The molecular weight excluding hydrogens is 281 g/mol. The Balaban J connectivity index is 2.55. The summed E-state index contributed by atoms with van der Waals surface area (Å²) < 4.78 is 13.6. The molecule has 22 heavy (non-hydrogen) atoms. The molecule has 0 spiro atoms. The minimum atomic E-state index is -0.829. The molecule has 1 aromatic carbocycles. The quantitative estimate of drug-likeness (QED) is 0.872. The van der Waals surface area contributed by atoms with Gasteiger partial charge in [0.15, 0.2) is 0 Å². The van der Waals surface area contributed by atoms with Crippen LogP contribution in [0.5, 0.6) is 0 Å². The Labute approximate surface area is 131 Å². The summed E-state index contributed by atoms with van der Waals surface area (Å²) in [4.78, 5) is 13.7. The van der Waals surface area contributed by atoms with Gasteiger partial charge in [0.05, 0.1) is 5.54 Å². The molecule has 1 aliphatic rings. The number of allylic oxidation sites excluding steroid dienone is 1. The van der Waals surface area contributed by atoms with E-state index in [0.717, 1.165) is 29.7 Å². The fourth-order valence-corrected chi connectivity index (χ4v) is 3.35. The number of benzene rings is 1. The molecule has 0 saturated heterocycles. The smallest absolute Gasteiger partial charge is 0.326 e. The van der Waals surface area contributed by atoms with E-state index in [1.807, 2.05) is 38.7 Å². The number of halogens is 1. The zero-order valence-electron chi connectivity index (χ0n) is 13.7. The van der Waals surface area contributed by atoms with E-state index in [0.29, 0.717) is 6.42 Å². The Morgan fingerprint density at radius 2 is 2.09 bits per heavy atom. The van der Waals surface area contributed by atoms with Crippen molar-refractivity contribution in [3.8, 4) is 0 Å². The minimum Gasteiger partial charge on any atom is -0.480 e. The van der Waals surface area contributed by atoms with Gasteiger partial charge < -0.3 is 10.0 Å². The topological polar surface area (TPSA) is 40.5 Å². The third-order valence-electron chi connectivity index (χ3n) is 4.26. The molecule has 120 valence electrons. The van der Waals surface area contributed by atoms with Crippen molar-refractivity contribution in [3.63, 3.8) is 0 Å². The zero-order valence-corrected chi connectivity index (χ0v) is 13.7. The van der Waals surface area contributed by atoms with Gasteiger partial charge in [-0.25, -0.2) is 9.18 Å². The van der Waals surface area contributed by atoms with Crippen LogP contribution in [0.25, 0.3) is 5.57 Å². The van der Waals surface area contributed by atoms with Crippen molar-refractivity contribution in [3.05, 3.63) is 35.7 Å². The van der Waals surface area contributed by atoms with Crippen LogP contribution in [0, 0.1) is 5.82 Å². The third-order valence-corrected chi connectivity index (χ3v) is 4.26. The summed E-state index contributed by atoms with van der Waals surface area (Å²) in [5, 5.41) is 9.69. The van der Waals surface area contributed by atoms with Crippen LogP contribution in [-0.2, 0) is 4.79 Å². The molecule has 2 rings (SSSR count). The fourth-order valence-electron chi connectivity index (χ4n) is 3.35. The van der Waals surface area contributed by atoms with Crippen molar-refractivity contribution in [1.82, 2.24) is 0 Å². The van der Waals surface area contributed by atoms with Crippen LogP contribution in [-0.4, -0.2) is 22.7 Å². The maximum absolute atomic E-state index is 13.6. The molecule has 1 unspecified atom stereocenters. The Morgan fingerprint density at radius 3 is 2.68 bits per heavy atom. The first-order chi connectivity index (χ1) is 10.3. The lowest BCUT2D eigenvalue weighted by molar-refractivity contribution is -0.139. The Morgan fingerprint density at radius 1 is 1.41 bits per heavy atom. The predicted octanol–water partition coefficient (Wildman–Crippen LogP) is 4.47. The maximum atomic E-state index is 13.6. The summed E-state index contributed by atoms with van der Waals surface area (Å²) in [7, 11) is 0. The number of rotatable bonds is 5. The lowest BCUT2D eigenvalue weighted by Gasteiger charge is -2.46. The SMILES string of the molecule is CCCCC(C(=O)O)N1c2ccc(F)cc2C(C)=CC1(C)C. The highest BCUT2D eigenvalue weighted by Gasteiger charge is 2.39. The average Bonchev–Trinajstić information content (AvgIpc) is 2.41. The largest absolute Gasteiger partial charge is 0.480 e. The van der Waals surface area contributed by atoms with Crippen molar-refractivity contribution in [2.75, 3.05) is 4.90 Å². The van der Waals surface area contributed by atoms with Crippen molar-refractivity contribution < 1.29 is 14.3 Å². The average molecular weight is 305 g/mol. The molecule has 1 N–H and O–H groups in total. The van der Waals surface area contributed by atoms with E-state index in [2.05, 4.69) is 0 Å². The first-order valence-electron chi connectivity index (χ1n) is 7.79. The van der Waals surface area contributed by atoms with Crippen LogP contribution in [0.15, 0.2) is 24.3 Å². The molecule has 0 aliphatic carbocycles. The van der Waals surface area contributed by atoms with Crippen molar-refractivity contribution in [2.24, 2.45) is 0 Å². The van der Waals surface area contributed by atoms with Gasteiger partial charge in [-0.1, -0.05) is 25.8 Å². The highest BCUT2D eigenvalue weighted by molar-refractivity contribution is 5.86. The van der Waals surface area contributed by atoms with Crippen LogP contribution >= 0.6 is 0 Å². The van der Waals surface area contributed by atoms with E-state index >= 15 is 0 Å². The van der Waals surface area contributed by atoms with Gasteiger partial charge in [0.1, 0.15) is 11.9 Å². The van der Waals surface area contributed by atoms with Gasteiger partial charge in [-0.3, -0.25) is 0 Å². The number of carboxylic acids is 1. The number of carboxylic acid groups (broad SMARTS) is 1. The van der Waals surface area contributed by atoms with E-state index in [4.69, 9.17) is 0 Å². The maximum Gasteiger partial charge on any atom is 0.326 e. The number of nitrogens with zero attached hydrogens (tertiary/aromatic N) is 1. The Kier molecular flexibility index (Phi) is 4.59. The molecule has 1 aromatic rings. The molecule has 1 aliphatic heterocycles. The first-order valence-corrected chi connectivity index (χ1v) is 7.79. The summed E-state index contributed by atoms with van der Waals surface area (Å²) in [6, 6.07) is 3.98. The van der Waals surface area contributed by atoms with Crippen LogP contribution in [0.3, 0.4) is 0 Å². The van der Waals surface area contributed by atoms with Gasteiger partial charge in [-0.2, -0.15) is 0 Å².